The van der Waals surface area contributed by atoms with Gasteiger partial charge in [0.1, 0.15) is 6.61 Å². The number of nitro benzene ring substituents is 1. The zero-order valence-corrected chi connectivity index (χ0v) is 16.4. The molecule has 146 valence electrons. The van der Waals surface area contributed by atoms with E-state index in [9.17, 15) is 14.9 Å². The van der Waals surface area contributed by atoms with Crippen molar-refractivity contribution in [1.29, 1.82) is 0 Å². The van der Waals surface area contributed by atoms with Crippen molar-refractivity contribution in [1.82, 2.24) is 10.2 Å². The topological polar surface area (TPSA) is 93.9 Å². The number of nitrogens with zero attached hydrogens (tertiary/aromatic N) is 2. The van der Waals surface area contributed by atoms with E-state index >= 15 is 0 Å². The number of carbonyl (C=O) groups excluding carboxylic acids is 1. The normalized spacial score (nSPS) is 16.9. The summed E-state index contributed by atoms with van der Waals surface area (Å²) in [6, 6.07) is 5.52. The minimum Gasteiger partial charge on any atom is -0.460 e. The first kappa shape index (κ1) is 20.8. The monoisotopic (exact) mass is 393 g/mol. The fourth-order valence-corrected chi connectivity index (χ4v) is 3.25. The van der Waals surface area contributed by atoms with Gasteiger partial charge in [0.25, 0.3) is 5.69 Å². The first-order valence-electron chi connectivity index (χ1n) is 8.59. The van der Waals surface area contributed by atoms with Gasteiger partial charge in [0, 0.05) is 31.5 Å². The van der Waals surface area contributed by atoms with E-state index in [4.69, 9.17) is 21.7 Å². The molecule has 0 aliphatic carbocycles. The van der Waals surface area contributed by atoms with Crippen molar-refractivity contribution in [2.45, 2.75) is 26.3 Å². The standard InChI is InChI=1S/C18H23N3O5S/c1-4-8-20-12(2)15(17(22)26-10-9-25-3)16(19-18(20)27)13-6-5-7-14(11-13)21(23)24/h5-7,11,16H,4,8-10H2,1-3H3,(H,19,27)/t16-/m0/s1. The van der Waals surface area contributed by atoms with Gasteiger partial charge in [-0.2, -0.15) is 0 Å². The van der Waals surface area contributed by atoms with Gasteiger partial charge in [0.15, 0.2) is 5.11 Å². The van der Waals surface area contributed by atoms with Crippen LogP contribution in [0.25, 0.3) is 0 Å². The summed E-state index contributed by atoms with van der Waals surface area (Å²) in [7, 11) is 1.52. The Morgan fingerprint density at radius 3 is 2.78 bits per heavy atom. The molecule has 0 saturated heterocycles. The van der Waals surface area contributed by atoms with Crippen LogP contribution in [0.5, 0.6) is 0 Å². The fourth-order valence-electron chi connectivity index (χ4n) is 2.90. The molecule has 1 aromatic rings. The van der Waals surface area contributed by atoms with Gasteiger partial charge in [-0.15, -0.1) is 0 Å². The Bertz CT molecular complexity index is 765. The highest BCUT2D eigenvalue weighted by atomic mass is 32.1. The Labute approximate surface area is 163 Å². The lowest BCUT2D eigenvalue weighted by Gasteiger charge is -2.37. The average Bonchev–Trinajstić information content (AvgIpc) is 2.64. The maximum atomic E-state index is 12.8. The summed E-state index contributed by atoms with van der Waals surface area (Å²) in [5, 5.41) is 14.7. The summed E-state index contributed by atoms with van der Waals surface area (Å²) < 4.78 is 10.2. The number of esters is 1. The van der Waals surface area contributed by atoms with E-state index in [2.05, 4.69) is 5.32 Å². The number of benzene rings is 1. The Morgan fingerprint density at radius 2 is 2.15 bits per heavy atom. The highest BCUT2D eigenvalue weighted by Crippen LogP contribution is 2.32. The fraction of sp³-hybridized carbons (Fsp3) is 0.444. The van der Waals surface area contributed by atoms with Crippen LogP contribution in [0.3, 0.4) is 0 Å². The summed E-state index contributed by atoms with van der Waals surface area (Å²) in [4.78, 5) is 25.3. The second-order valence-corrected chi connectivity index (χ2v) is 6.40. The van der Waals surface area contributed by atoms with Crippen LogP contribution in [0.15, 0.2) is 35.5 Å². The minimum atomic E-state index is -0.624. The van der Waals surface area contributed by atoms with Crippen LogP contribution < -0.4 is 5.32 Å². The lowest BCUT2D eigenvalue weighted by atomic mass is 9.94. The molecule has 0 amide bonds. The van der Waals surface area contributed by atoms with Crippen molar-refractivity contribution in [3.8, 4) is 0 Å². The predicted octanol–water partition coefficient (Wildman–Crippen LogP) is 2.70. The quantitative estimate of drug-likeness (QED) is 0.237. The summed E-state index contributed by atoms with van der Waals surface area (Å²) in [5.74, 6) is -0.503. The third kappa shape index (κ3) is 4.81. The van der Waals surface area contributed by atoms with Crippen molar-refractivity contribution < 1.29 is 19.2 Å². The van der Waals surface area contributed by atoms with Crippen LogP contribution in [-0.4, -0.2) is 47.8 Å². The van der Waals surface area contributed by atoms with Crippen LogP contribution in [0.1, 0.15) is 31.9 Å². The molecule has 27 heavy (non-hydrogen) atoms. The van der Waals surface area contributed by atoms with Crippen LogP contribution in [0.2, 0.25) is 0 Å². The van der Waals surface area contributed by atoms with E-state index in [-0.39, 0.29) is 18.9 Å². The molecule has 1 N–H and O–H groups in total. The SMILES string of the molecule is CCCN1C(=S)N[C@@H](c2cccc([N+](=O)[O-])c2)C(C(=O)OCCOC)=C1C. The number of nitrogens with one attached hydrogen (secondary N) is 1. The lowest BCUT2D eigenvalue weighted by molar-refractivity contribution is -0.384. The van der Waals surface area contributed by atoms with Gasteiger partial charge in [0.05, 0.1) is 23.1 Å². The summed E-state index contributed by atoms with van der Waals surface area (Å²) in [5.41, 5.74) is 1.58. The predicted molar refractivity (Wildman–Crippen MR) is 104 cm³/mol. The molecule has 1 atom stereocenters. The lowest BCUT2D eigenvalue weighted by Crippen LogP contribution is -2.48. The molecule has 1 aliphatic heterocycles. The van der Waals surface area contributed by atoms with E-state index in [1.54, 1.807) is 19.1 Å². The summed E-state index contributed by atoms with van der Waals surface area (Å²) in [6.07, 6.45) is 0.840. The summed E-state index contributed by atoms with van der Waals surface area (Å²) >= 11 is 5.45. The second kappa shape index (κ2) is 9.43. The van der Waals surface area contributed by atoms with Crippen LogP contribution >= 0.6 is 12.2 Å². The number of carbonyl (C=O) groups is 1. The Hall–Kier alpha value is -2.52. The van der Waals surface area contributed by atoms with Crippen LogP contribution in [0, 0.1) is 10.1 Å². The largest absolute Gasteiger partial charge is 0.460 e. The van der Waals surface area contributed by atoms with Crippen molar-refractivity contribution in [2.75, 3.05) is 26.9 Å². The highest BCUT2D eigenvalue weighted by Gasteiger charge is 2.35. The number of allylic oxidation sites excluding steroid dienone is 1. The Kier molecular flexibility index (Phi) is 7.26. The minimum absolute atomic E-state index is 0.0547. The molecular weight excluding hydrogens is 370 g/mol. The third-order valence-corrected chi connectivity index (χ3v) is 4.54. The van der Waals surface area contributed by atoms with Gasteiger partial charge in [-0.3, -0.25) is 10.1 Å². The van der Waals surface area contributed by atoms with Gasteiger partial charge in [-0.1, -0.05) is 19.1 Å². The molecule has 1 heterocycles. The highest BCUT2D eigenvalue weighted by molar-refractivity contribution is 7.80. The van der Waals surface area contributed by atoms with Gasteiger partial charge in [-0.25, -0.2) is 4.79 Å². The number of nitro groups is 1. The average molecular weight is 393 g/mol. The molecule has 9 heteroatoms. The number of non-ortho nitro benzene ring substituents is 1. The maximum Gasteiger partial charge on any atom is 0.338 e. The number of hydrogen-bond acceptors (Lipinski definition) is 6. The molecule has 0 radical (unpaired) electrons. The van der Waals surface area contributed by atoms with E-state index in [1.165, 1.54) is 19.2 Å². The molecule has 0 bridgehead atoms. The molecule has 0 unspecified atom stereocenters. The van der Waals surface area contributed by atoms with Crippen molar-refractivity contribution >= 4 is 29.0 Å². The van der Waals surface area contributed by atoms with Crippen molar-refractivity contribution in [2.24, 2.45) is 0 Å². The number of methoxy groups -OCH3 is 1. The Morgan fingerprint density at radius 1 is 1.41 bits per heavy atom. The van der Waals surface area contributed by atoms with Crippen LogP contribution in [0.4, 0.5) is 5.69 Å². The number of hydrogen-bond donors (Lipinski definition) is 1. The van der Waals surface area contributed by atoms with E-state index in [0.29, 0.717) is 28.5 Å². The van der Waals surface area contributed by atoms with Gasteiger partial charge in [0.2, 0.25) is 0 Å². The zero-order chi connectivity index (χ0) is 20.0. The first-order valence-corrected chi connectivity index (χ1v) is 9.00. The van der Waals surface area contributed by atoms with E-state index < -0.39 is 16.9 Å². The van der Waals surface area contributed by atoms with Crippen molar-refractivity contribution in [3.05, 3.63) is 51.2 Å². The van der Waals surface area contributed by atoms with Gasteiger partial charge >= 0.3 is 5.97 Å². The van der Waals surface area contributed by atoms with Crippen molar-refractivity contribution in [3.63, 3.8) is 0 Å². The molecule has 1 aliphatic rings. The van der Waals surface area contributed by atoms with E-state index in [0.717, 1.165) is 6.42 Å². The molecule has 0 spiro atoms. The van der Waals surface area contributed by atoms with Crippen LogP contribution in [-0.2, 0) is 14.3 Å². The molecular formula is C18H23N3O5S. The molecule has 0 saturated carbocycles. The Balaban J connectivity index is 2.46. The molecule has 1 aromatic carbocycles. The zero-order valence-electron chi connectivity index (χ0n) is 15.6. The smallest absolute Gasteiger partial charge is 0.338 e. The molecule has 0 fully saturated rings. The first-order chi connectivity index (χ1) is 12.9. The second-order valence-electron chi connectivity index (χ2n) is 6.01. The number of rotatable bonds is 8. The van der Waals surface area contributed by atoms with E-state index in [1.807, 2.05) is 11.8 Å². The van der Waals surface area contributed by atoms with Gasteiger partial charge in [-0.05, 0) is 31.1 Å². The maximum absolute atomic E-state index is 12.8. The molecule has 8 nitrogen and oxygen atoms in total. The molecule has 2 rings (SSSR count). The number of ether oxygens (including phenoxy) is 2. The molecule has 0 aromatic heterocycles. The third-order valence-electron chi connectivity index (χ3n) is 4.20. The number of thiocarbonyl (C=S) groups is 1. The van der Waals surface area contributed by atoms with Gasteiger partial charge < -0.3 is 19.7 Å². The summed E-state index contributed by atoms with van der Waals surface area (Å²) in [6.45, 7) is 4.86.